The molecule has 0 aliphatic heterocycles. The Labute approximate surface area is 161 Å². The van der Waals surface area contributed by atoms with Crippen molar-refractivity contribution in [3.8, 4) is 11.3 Å². The number of hydrogen-bond acceptors (Lipinski definition) is 5. The number of rotatable bonds is 5. The minimum Gasteiger partial charge on any atom is -0.454 e. The number of ketones is 1. The molecule has 0 saturated carbocycles. The summed E-state index contributed by atoms with van der Waals surface area (Å²) in [5.74, 6) is -0.554. The number of nitrogens with zero attached hydrogens (tertiary/aromatic N) is 1. The summed E-state index contributed by atoms with van der Waals surface area (Å²) in [6.45, 7) is 3.11. The van der Waals surface area contributed by atoms with E-state index in [1.807, 2.05) is 61.5 Å². The third kappa shape index (κ3) is 3.09. The lowest BCUT2D eigenvalue weighted by atomic mass is 10.1. The number of ether oxygens (including phenoxy) is 1. The molecule has 140 valence electrons. The van der Waals surface area contributed by atoms with Crippen LogP contribution in [0.3, 0.4) is 0 Å². The number of esters is 1. The van der Waals surface area contributed by atoms with Crippen LogP contribution in [0.25, 0.3) is 22.2 Å². The standard InChI is InChI=1S/C22H18N2O4/c1-13-19(16-10-6-7-11-17(16)23-13)18(25)12-27-22(26)20-14(2)28-24-21(20)15-8-4-3-5-9-15/h3-11,23H,12H2,1-2H3. The number of benzene rings is 2. The van der Waals surface area contributed by atoms with Gasteiger partial charge < -0.3 is 14.2 Å². The molecule has 2 aromatic heterocycles. The first-order valence-corrected chi connectivity index (χ1v) is 8.85. The fraction of sp³-hybridized carbons (Fsp3) is 0.136. The number of aromatic nitrogens is 2. The SMILES string of the molecule is Cc1[nH]c2ccccc2c1C(=O)COC(=O)c1c(-c2ccccc2)noc1C. The van der Waals surface area contributed by atoms with Gasteiger partial charge in [-0.2, -0.15) is 0 Å². The quantitative estimate of drug-likeness (QED) is 0.411. The molecule has 0 fully saturated rings. The third-order valence-electron chi connectivity index (χ3n) is 4.62. The average Bonchev–Trinajstić information content (AvgIpc) is 3.25. The predicted molar refractivity (Wildman–Crippen MR) is 104 cm³/mol. The molecule has 0 saturated heterocycles. The first kappa shape index (κ1) is 17.7. The molecule has 0 amide bonds. The first-order valence-electron chi connectivity index (χ1n) is 8.85. The maximum absolute atomic E-state index is 12.7. The summed E-state index contributed by atoms with van der Waals surface area (Å²) < 4.78 is 10.5. The van der Waals surface area contributed by atoms with Crippen LogP contribution in [0.15, 0.2) is 59.1 Å². The Kier molecular flexibility index (Phi) is 4.53. The number of nitrogens with one attached hydrogen (secondary N) is 1. The van der Waals surface area contributed by atoms with Gasteiger partial charge in [0.1, 0.15) is 17.0 Å². The maximum Gasteiger partial charge on any atom is 0.344 e. The third-order valence-corrected chi connectivity index (χ3v) is 4.62. The van der Waals surface area contributed by atoms with E-state index in [-0.39, 0.29) is 18.0 Å². The van der Waals surface area contributed by atoms with Crippen LogP contribution in [0, 0.1) is 13.8 Å². The smallest absolute Gasteiger partial charge is 0.344 e. The zero-order chi connectivity index (χ0) is 19.7. The lowest BCUT2D eigenvalue weighted by molar-refractivity contribution is 0.0474. The summed E-state index contributed by atoms with van der Waals surface area (Å²) in [5, 5.41) is 4.79. The fourth-order valence-electron chi connectivity index (χ4n) is 3.32. The minimum atomic E-state index is -0.636. The van der Waals surface area contributed by atoms with E-state index in [1.54, 1.807) is 6.92 Å². The Morgan fingerprint density at radius 1 is 1.00 bits per heavy atom. The molecule has 1 N–H and O–H groups in total. The van der Waals surface area contributed by atoms with E-state index in [1.165, 1.54) is 0 Å². The maximum atomic E-state index is 12.7. The summed E-state index contributed by atoms with van der Waals surface area (Å²) in [6.07, 6.45) is 0. The molecule has 0 bridgehead atoms. The van der Waals surface area contributed by atoms with Gasteiger partial charge >= 0.3 is 5.97 Å². The van der Waals surface area contributed by atoms with E-state index in [2.05, 4.69) is 10.1 Å². The van der Waals surface area contributed by atoms with E-state index in [9.17, 15) is 9.59 Å². The van der Waals surface area contributed by atoms with Gasteiger partial charge in [0.2, 0.25) is 5.78 Å². The number of carbonyl (C=O) groups is 2. The number of hydrogen-bond donors (Lipinski definition) is 1. The first-order chi connectivity index (χ1) is 13.6. The van der Waals surface area contributed by atoms with Crippen LogP contribution in [0.4, 0.5) is 0 Å². The van der Waals surface area contributed by atoms with Crippen molar-refractivity contribution >= 4 is 22.7 Å². The number of carbonyl (C=O) groups excluding carboxylic acids is 2. The van der Waals surface area contributed by atoms with Crippen LogP contribution in [0.1, 0.15) is 32.2 Å². The zero-order valence-electron chi connectivity index (χ0n) is 15.5. The van der Waals surface area contributed by atoms with Gasteiger partial charge in [-0.25, -0.2) is 4.79 Å². The highest BCUT2D eigenvalue weighted by atomic mass is 16.5. The number of para-hydroxylation sites is 1. The Bertz CT molecular complexity index is 1170. The summed E-state index contributed by atoms with van der Waals surface area (Å²) in [7, 11) is 0. The summed E-state index contributed by atoms with van der Waals surface area (Å²) in [5.41, 5.74) is 3.52. The highest BCUT2D eigenvalue weighted by molar-refractivity contribution is 6.10. The van der Waals surface area contributed by atoms with Crippen LogP contribution >= 0.6 is 0 Å². The van der Waals surface area contributed by atoms with Crippen molar-refractivity contribution < 1.29 is 18.8 Å². The topological polar surface area (TPSA) is 85.2 Å². The Balaban J connectivity index is 1.56. The molecule has 0 spiro atoms. The van der Waals surface area contributed by atoms with E-state index >= 15 is 0 Å². The highest BCUT2D eigenvalue weighted by Crippen LogP contribution is 2.26. The number of Topliss-reactive ketones (excluding diaryl/α,β-unsaturated/α-hetero) is 1. The molecule has 0 radical (unpaired) electrons. The molecule has 0 aliphatic rings. The second-order valence-corrected chi connectivity index (χ2v) is 6.50. The minimum absolute atomic E-state index is 0.231. The largest absolute Gasteiger partial charge is 0.454 e. The molecule has 28 heavy (non-hydrogen) atoms. The lowest BCUT2D eigenvalue weighted by Gasteiger charge is -2.05. The van der Waals surface area contributed by atoms with Crippen molar-refractivity contribution in [2.45, 2.75) is 13.8 Å². The van der Waals surface area contributed by atoms with E-state index in [0.29, 0.717) is 17.0 Å². The monoisotopic (exact) mass is 374 g/mol. The summed E-state index contributed by atoms with van der Waals surface area (Å²) >= 11 is 0. The molecule has 4 aromatic rings. The molecule has 2 aromatic carbocycles. The van der Waals surface area contributed by atoms with Gasteiger partial charge in [0.25, 0.3) is 0 Å². The van der Waals surface area contributed by atoms with E-state index < -0.39 is 5.97 Å². The van der Waals surface area contributed by atoms with Crippen molar-refractivity contribution in [3.05, 3.63) is 77.2 Å². The van der Waals surface area contributed by atoms with Gasteiger partial charge in [0.05, 0.1) is 0 Å². The molecular weight excluding hydrogens is 356 g/mol. The molecule has 2 heterocycles. The zero-order valence-corrected chi connectivity index (χ0v) is 15.5. The molecular formula is C22H18N2O4. The summed E-state index contributed by atoms with van der Waals surface area (Å²) in [6, 6.07) is 16.7. The van der Waals surface area contributed by atoms with Crippen LogP contribution in [0.2, 0.25) is 0 Å². The predicted octanol–water partition coefficient (Wildman–Crippen LogP) is 4.48. The Morgan fingerprint density at radius 2 is 1.71 bits per heavy atom. The van der Waals surface area contributed by atoms with E-state index in [4.69, 9.17) is 9.26 Å². The Morgan fingerprint density at radius 3 is 2.50 bits per heavy atom. The lowest BCUT2D eigenvalue weighted by Crippen LogP contribution is -2.15. The number of H-pyrrole nitrogens is 1. The Hall–Kier alpha value is -3.67. The van der Waals surface area contributed by atoms with Crippen molar-refractivity contribution in [3.63, 3.8) is 0 Å². The van der Waals surface area contributed by atoms with Crippen molar-refractivity contribution in [1.82, 2.24) is 10.1 Å². The van der Waals surface area contributed by atoms with Gasteiger partial charge in [-0.3, -0.25) is 4.79 Å². The average molecular weight is 374 g/mol. The van der Waals surface area contributed by atoms with Crippen LogP contribution < -0.4 is 0 Å². The van der Waals surface area contributed by atoms with Crippen molar-refractivity contribution in [2.24, 2.45) is 0 Å². The van der Waals surface area contributed by atoms with Crippen molar-refractivity contribution in [2.75, 3.05) is 6.61 Å². The molecule has 0 aliphatic carbocycles. The van der Waals surface area contributed by atoms with Crippen LogP contribution in [0.5, 0.6) is 0 Å². The summed E-state index contributed by atoms with van der Waals surface area (Å²) in [4.78, 5) is 28.6. The fourth-order valence-corrected chi connectivity index (χ4v) is 3.32. The van der Waals surface area contributed by atoms with Gasteiger partial charge in [0, 0.05) is 27.7 Å². The van der Waals surface area contributed by atoms with Gasteiger partial charge in [-0.15, -0.1) is 0 Å². The van der Waals surface area contributed by atoms with Gasteiger partial charge in [-0.05, 0) is 19.9 Å². The number of fused-ring (bicyclic) bond motifs is 1. The van der Waals surface area contributed by atoms with Crippen LogP contribution in [-0.4, -0.2) is 28.5 Å². The van der Waals surface area contributed by atoms with Gasteiger partial charge in [-0.1, -0.05) is 53.7 Å². The van der Waals surface area contributed by atoms with Gasteiger partial charge in [0.15, 0.2) is 6.61 Å². The molecule has 6 nitrogen and oxygen atoms in total. The number of aryl methyl sites for hydroxylation is 2. The normalized spacial score (nSPS) is 10.9. The molecule has 4 rings (SSSR count). The van der Waals surface area contributed by atoms with Crippen molar-refractivity contribution in [1.29, 1.82) is 0 Å². The highest BCUT2D eigenvalue weighted by Gasteiger charge is 2.24. The second-order valence-electron chi connectivity index (χ2n) is 6.50. The molecule has 0 unspecified atom stereocenters. The molecule has 6 heteroatoms. The van der Waals surface area contributed by atoms with E-state index in [0.717, 1.165) is 22.2 Å². The number of aromatic amines is 1. The van der Waals surface area contributed by atoms with Crippen LogP contribution in [-0.2, 0) is 4.74 Å². The second kappa shape index (κ2) is 7.15. The molecule has 0 atom stereocenters.